The molecule has 0 aliphatic rings. The quantitative estimate of drug-likeness (QED) is 0.507. The number of aliphatic hydroxyl groups is 1. The van der Waals surface area contributed by atoms with Crippen LogP contribution in [0, 0.1) is 0 Å². The van der Waals surface area contributed by atoms with Crippen LogP contribution in [0.3, 0.4) is 0 Å². The molecule has 0 saturated carbocycles. The van der Waals surface area contributed by atoms with Crippen molar-refractivity contribution in [2.24, 2.45) is 5.73 Å². The fraction of sp³-hybridized carbons (Fsp3) is 1.00. The number of nitrogens with two attached hydrogens (primary N) is 1. The standard InChI is InChI=1S/C4H10FNO/c1-3(6)4(7)2-5/h3-4,7H,2,6H2,1H3. The zero-order chi connectivity index (χ0) is 5.86. The van der Waals surface area contributed by atoms with Gasteiger partial charge in [0.05, 0.1) is 6.10 Å². The highest BCUT2D eigenvalue weighted by Gasteiger charge is 2.06. The molecule has 0 aliphatic heterocycles. The molecule has 0 aromatic heterocycles. The first-order valence-electron chi connectivity index (χ1n) is 2.18. The van der Waals surface area contributed by atoms with Crippen molar-refractivity contribution >= 4 is 0 Å². The summed E-state index contributed by atoms with van der Waals surface area (Å²) in [5, 5.41) is 8.44. The highest BCUT2D eigenvalue weighted by Crippen LogP contribution is 1.87. The van der Waals surface area contributed by atoms with E-state index in [4.69, 9.17) is 10.8 Å². The third-order valence-corrected chi connectivity index (χ3v) is 0.765. The Morgan fingerprint density at radius 2 is 2.29 bits per heavy atom. The first-order valence-corrected chi connectivity index (χ1v) is 2.18. The molecule has 0 fully saturated rings. The zero-order valence-electron chi connectivity index (χ0n) is 4.26. The maximum atomic E-state index is 11.3. The van der Waals surface area contributed by atoms with Crippen LogP contribution in [-0.4, -0.2) is 23.9 Å². The fourth-order valence-corrected chi connectivity index (χ4v) is 0.141. The molecule has 0 saturated heterocycles. The van der Waals surface area contributed by atoms with E-state index in [0.29, 0.717) is 0 Å². The van der Waals surface area contributed by atoms with Crippen molar-refractivity contribution < 1.29 is 9.50 Å². The summed E-state index contributed by atoms with van der Waals surface area (Å²) in [6.07, 6.45) is -0.986. The van der Waals surface area contributed by atoms with Gasteiger partial charge in [-0.1, -0.05) is 0 Å². The second-order valence-electron chi connectivity index (χ2n) is 1.58. The first kappa shape index (κ1) is 6.85. The Labute approximate surface area is 42.1 Å². The van der Waals surface area contributed by atoms with Crippen LogP contribution >= 0.6 is 0 Å². The van der Waals surface area contributed by atoms with Gasteiger partial charge in [-0.2, -0.15) is 0 Å². The molecule has 3 N–H and O–H groups in total. The summed E-state index contributed by atoms with van der Waals surface area (Å²) >= 11 is 0. The molecular weight excluding hydrogens is 97.0 g/mol. The number of alkyl halides is 1. The summed E-state index contributed by atoms with van der Waals surface area (Å²) < 4.78 is 11.3. The smallest absolute Gasteiger partial charge is 0.117 e. The van der Waals surface area contributed by atoms with E-state index in [9.17, 15) is 4.39 Å². The van der Waals surface area contributed by atoms with Crippen LogP contribution in [-0.2, 0) is 0 Å². The van der Waals surface area contributed by atoms with Crippen molar-refractivity contribution in [2.45, 2.75) is 19.1 Å². The second kappa shape index (κ2) is 2.93. The lowest BCUT2D eigenvalue weighted by Crippen LogP contribution is -2.32. The van der Waals surface area contributed by atoms with Gasteiger partial charge in [-0.05, 0) is 6.92 Å². The minimum absolute atomic E-state index is 0.454. The molecule has 44 valence electrons. The Morgan fingerprint density at radius 3 is 2.29 bits per heavy atom. The van der Waals surface area contributed by atoms with Crippen molar-refractivity contribution in [1.82, 2.24) is 0 Å². The molecule has 0 amide bonds. The Morgan fingerprint density at radius 1 is 1.86 bits per heavy atom. The highest BCUT2D eigenvalue weighted by molar-refractivity contribution is 4.63. The molecule has 0 radical (unpaired) electrons. The Kier molecular flexibility index (Phi) is 2.87. The summed E-state index contributed by atoms with van der Waals surface area (Å²) in [6.45, 7) is 0.807. The summed E-state index contributed by atoms with van der Waals surface area (Å²) in [6, 6.07) is -0.454. The van der Waals surface area contributed by atoms with Crippen LogP contribution in [0.2, 0.25) is 0 Å². The number of halogens is 1. The van der Waals surface area contributed by atoms with Gasteiger partial charge >= 0.3 is 0 Å². The predicted octanol–water partition coefficient (Wildman–Crippen LogP) is -0.336. The van der Waals surface area contributed by atoms with Crippen molar-refractivity contribution in [3.8, 4) is 0 Å². The topological polar surface area (TPSA) is 46.2 Å². The van der Waals surface area contributed by atoms with Crippen LogP contribution < -0.4 is 5.73 Å². The molecular formula is C4H10FNO. The van der Waals surface area contributed by atoms with E-state index >= 15 is 0 Å². The maximum absolute atomic E-state index is 11.3. The third kappa shape index (κ3) is 2.53. The molecule has 0 aliphatic carbocycles. The Hall–Kier alpha value is -0.150. The summed E-state index contributed by atoms with van der Waals surface area (Å²) in [7, 11) is 0. The molecule has 2 nitrogen and oxygen atoms in total. The van der Waals surface area contributed by atoms with Crippen LogP contribution in [0.15, 0.2) is 0 Å². The van der Waals surface area contributed by atoms with Crippen LogP contribution in [0.25, 0.3) is 0 Å². The van der Waals surface area contributed by atoms with Gasteiger partial charge < -0.3 is 10.8 Å². The Bertz CT molecular complexity index is 49.0. The average Bonchev–Trinajstić information content (AvgIpc) is 1.65. The van der Waals surface area contributed by atoms with Gasteiger partial charge in [0.1, 0.15) is 6.67 Å². The van der Waals surface area contributed by atoms with E-state index in [1.807, 2.05) is 0 Å². The lowest BCUT2D eigenvalue weighted by atomic mass is 10.2. The van der Waals surface area contributed by atoms with Gasteiger partial charge in [-0.25, -0.2) is 4.39 Å². The van der Waals surface area contributed by atoms with Crippen molar-refractivity contribution in [3.05, 3.63) is 0 Å². The van der Waals surface area contributed by atoms with Gasteiger partial charge in [-0.15, -0.1) is 0 Å². The van der Waals surface area contributed by atoms with E-state index in [1.165, 1.54) is 0 Å². The van der Waals surface area contributed by atoms with Gasteiger partial charge in [0, 0.05) is 6.04 Å². The third-order valence-electron chi connectivity index (χ3n) is 0.765. The van der Waals surface area contributed by atoms with Crippen LogP contribution in [0.5, 0.6) is 0 Å². The minimum atomic E-state index is -0.986. The lowest BCUT2D eigenvalue weighted by molar-refractivity contribution is 0.119. The van der Waals surface area contributed by atoms with Crippen LogP contribution in [0.1, 0.15) is 6.92 Å². The van der Waals surface area contributed by atoms with Crippen molar-refractivity contribution in [1.29, 1.82) is 0 Å². The Balaban J connectivity index is 3.14. The highest BCUT2D eigenvalue weighted by atomic mass is 19.1. The monoisotopic (exact) mass is 107 g/mol. The summed E-state index contributed by atoms with van der Waals surface area (Å²) in [5.74, 6) is 0. The maximum Gasteiger partial charge on any atom is 0.117 e. The minimum Gasteiger partial charge on any atom is -0.389 e. The molecule has 0 aromatic rings. The molecule has 7 heavy (non-hydrogen) atoms. The van der Waals surface area contributed by atoms with E-state index in [-0.39, 0.29) is 0 Å². The summed E-state index contributed by atoms with van der Waals surface area (Å²) in [4.78, 5) is 0. The van der Waals surface area contributed by atoms with E-state index < -0.39 is 18.8 Å². The van der Waals surface area contributed by atoms with Crippen LogP contribution in [0.4, 0.5) is 4.39 Å². The van der Waals surface area contributed by atoms with Gasteiger partial charge in [0.2, 0.25) is 0 Å². The van der Waals surface area contributed by atoms with E-state index in [2.05, 4.69) is 0 Å². The molecule has 0 bridgehead atoms. The second-order valence-corrected chi connectivity index (χ2v) is 1.58. The average molecular weight is 107 g/mol. The van der Waals surface area contributed by atoms with E-state index in [0.717, 1.165) is 0 Å². The van der Waals surface area contributed by atoms with Gasteiger partial charge in [-0.3, -0.25) is 0 Å². The summed E-state index contributed by atoms with van der Waals surface area (Å²) in [5.41, 5.74) is 5.06. The molecule has 0 aromatic carbocycles. The predicted molar refractivity (Wildman–Crippen MR) is 25.6 cm³/mol. The zero-order valence-corrected chi connectivity index (χ0v) is 4.26. The normalized spacial score (nSPS) is 18.9. The number of hydrogen-bond acceptors (Lipinski definition) is 2. The first-order chi connectivity index (χ1) is 3.18. The molecule has 0 rings (SSSR count). The molecule has 0 spiro atoms. The number of aliphatic hydroxyl groups excluding tert-OH is 1. The molecule has 2 unspecified atom stereocenters. The number of rotatable bonds is 2. The SMILES string of the molecule is CC(N)C(O)CF. The molecule has 0 heterocycles. The van der Waals surface area contributed by atoms with Gasteiger partial charge in [0.25, 0.3) is 0 Å². The molecule has 2 atom stereocenters. The molecule has 3 heteroatoms. The fourth-order valence-electron chi connectivity index (χ4n) is 0.141. The largest absolute Gasteiger partial charge is 0.389 e. The number of hydrogen-bond donors (Lipinski definition) is 2. The van der Waals surface area contributed by atoms with Crippen molar-refractivity contribution in [3.63, 3.8) is 0 Å². The van der Waals surface area contributed by atoms with Gasteiger partial charge in [0.15, 0.2) is 0 Å². The van der Waals surface area contributed by atoms with Crippen molar-refractivity contribution in [2.75, 3.05) is 6.67 Å². The van der Waals surface area contributed by atoms with E-state index in [1.54, 1.807) is 6.92 Å². The lowest BCUT2D eigenvalue weighted by Gasteiger charge is -2.07.